The normalized spacial score (nSPS) is 12.1. The highest BCUT2D eigenvalue weighted by atomic mass is 19.4. The second-order valence-electron chi connectivity index (χ2n) is 4.80. The second kappa shape index (κ2) is 5.58. The molecule has 1 rings (SSSR count). The average Bonchev–Trinajstić information content (AvgIpc) is 2.29. The predicted molar refractivity (Wildman–Crippen MR) is 66.2 cm³/mol. The molecule has 1 amide bonds. The van der Waals surface area contributed by atoms with Gasteiger partial charge in [0.1, 0.15) is 0 Å². The van der Waals surface area contributed by atoms with Crippen molar-refractivity contribution in [3.8, 4) is 5.75 Å². The Bertz CT molecular complexity index is 501. The Balaban J connectivity index is 2.90. The molecule has 0 bridgehead atoms. The summed E-state index contributed by atoms with van der Waals surface area (Å²) in [4.78, 5) is 11.8. The maximum atomic E-state index is 12.1. The number of benzene rings is 1. The van der Waals surface area contributed by atoms with E-state index in [0.29, 0.717) is 0 Å². The van der Waals surface area contributed by atoms with Gasteiger partial charge >= 0.3 is 6.36 Å². The van der Waals surface area contributed by atoms with Crippen LogP contribution in [0.2, 0.25) is 0 Å². The summed E-state index contributed by atoms with van der Waals surface area (Å²) in [5.74, 6) is -1.13. The SMILES string of the molecule is CC(C)(CO)NC(=O)c1ccc(OC(F)(F)F)c(N)c1. The minimum atomic E-state index is -4.85. The van der Waals surface area contributed by atoms with Gasteiger partial charge in [-0.15, -0.1) is 13.2 Å². The molecular formula is C12H15F3N2O3. The molecule has 112 valence electrons. The van der Waals surface area contributed by atoms with Crippen molar-refractivity contribution in [3.63, 3.8) is 0 Å². The molecule has 0 unspecified atom stereocenters. The van der Waals surface area contributed by atoms with Gasteiger partial charge in [-0.2, -0.15) is 0 Å². The summed E-state index contributed by atoms with van der Waals surface area (Å²) < 4.78 is 39.9. The Morgan fingerprint density at radius 3 is 2.45 bits per heavy atom. The van der Waals surface area contributed by atoms with Gasteiger partial charge < -0.3 is 20.9 Å². The number of ether oxygens (including phenoxy) is 1. The maximum Gasteiger partial charge on any atom is 0.573 e. The standard InChI is InChI=1S/C12H15F3N2O3/c1-11(2,6-18)17-10(19)7-3-4-9(8(16)5-7)20-12(13,14)15/h3-5,18H,6,16H2,1-2H3,(H,17,19). The number of alkyl halides is 3. The van der Waals surface area contributed by atoms with Crippen molar-refractivity contribution in [1.82, 2.24) is 5.32 Å². The van der Waals surface area contributed by atoms with E-state index in [4.69, 9.17) is 10.8 Å². The van der Waals surface area contributed by atoms with Crippen LogP contribution in [0, 0.1) is 0 Å². The number of anilines is 1. The first-order chi connectivity index (χ1) is 9.04. The number of nitrogens with one attached hydrogen (secondary N) is 1. The van der Waals surface area contributed by atoms with Crippen molar-refractivity contribution < 1.29 is 27.8 Å². The van der Waals surface area contributed by atoms with Crippen molar-refractivity contribution in [2.45, 2.75) is 25.7 Å². The van der Waals surface area contributed by atoms with E-state index in [-0.39, 0.29) is 17.9 Å². The molecule has 0 radical (unpaired) electrons. The van der Waals surface area contributed by atoms with Crippen LogP contribution < -0.4 is 15.8 Å². The fourth-order valence-electron chi connectivity index (χ4n) is 1.33. The van der Waals surface area contributed by atoms with E-state index in [2.05, 4.69) is 10.1 Å². The number of rotatable bonds is 4. The lowest BCUT2D eigenvalue weighted by Gasteiger charge is -2.23. The van der Waals surface area contributed by atoms with E-state index in [1.165, 1.54) is 0 Å². The molecule has 0 saturated carbocycles. The number of carbonyl (C=O) groups is 1. The Hall–Kier alpha value is -1.96. The first kappa shape index (κ1) is 16.1. The molecule has 0 fully saturated rings. The molecule has 0 aliphatic heterocycles. The van der Waals surface area contributed by atoms with Gasteiger partial charge in [0, 0.05) is 5.56 Å². The number of hydrogen-bond donors (Lipinski definition) is 3. The van der Waals surface area contributed by atoms with Crippen molar-refractivity contribution >= 4 is 11.6 Å². The average molecular weight is 292 g/mol. The maximum absolute atomic E-state index is 12.1. The molecule has 0 aromatic heterocycles. The van der Waals surface area contributed by atoms with Crippen LogP contribution in [0.25, 0.3) is 0 Å². The molecule has 0 aliphatic carbocycles. The number of hydrogen-bond acceptors (Lipinski definition) is 4. The molecule has 1 aromatic rings. The quantitative estimate of drug-likeness (QED) is 0.737. The Morgan fingerprint density at radius 1 is 1.40 bits per heavy atom. The fourth-order valence-corrected chi connectivity index (χ4v) is 1.33. The van der Waals surface area contributed by atoms with Crippen LogP contribution in [0.1, 0.15) is 24.2 Å². The number of nitrogen functional groups attached to an aromatic ring is 1. The van der Waals surface area contributed by atoms with Crippen LogP contribution >= 0.6 is 0 Å². The summed E-state index contributed by atoms with van der Waals surface area (Å²) in [5.41, 5.74) is 4.31. The van der Waals surface area contributed by atoms with Crippen LogP contribution in [0.4, 0.5) is 18.9 Å². The Labute approximate surface area is 113 Å². The minimum absolute atomic E-state index is 0.0681. The fraction of sp³-hybridized carbons (Fsp3) is 0.417. The number of halogens is 3. The molecule has 0 aliphatic rings. The summed E-state index contributed by atoms with van der Waals surface area (Å²) in [7, 11) is 0. The predicted octanol–water partition coefficient (Wildman–Crippen LogP) is 1.67. The van der Waals surface area contributed by atoms with Crippen molar-refractivity contribution in [2.24, 2.45) is 0 Å². The third kappa shape index (κ3) is 4.61. The highest BCUT2D eigenvalue weighted by Gasteiger charge is 2.32. The van der Waals surface area contributed by atoms with Crippen molar-refractivity contribution in [2.75, 3.05) is 12.3 Å². The highest BCUT2D eigenvalue weighted by Crippen LogP contribution is 2.29. The highest BCUT2D eigenvalue weighted by molar-refractivity contribution is 5.95. The van der Waals surface area contributed by atoms with Crippen molar-refractivity contribution in [3.05, 3.63) is 23.8 Å². The van der Waals surface area contributed by atoms with Crippen LogP contribution in [0.3, 0.4) is 0 Å². The van der Waals surface area contributed by atoms with Gasteiger partial charge in [0.2, 0.25) is 0 Å². The third-order valence-electron chi connectivity index (χ3n) is 2.34. The van der Waals surface area contributed by atoms with Crippen LogP contribution in [0.15, 0.2) is 18.2 Å². The van der Waals surface area contributed by atoms with Crippen LogP contribution in [-0.2, 0) is 0 Å². The van der Waals surface area contributed by atoms with Gasteiger partial charge in [-0.3, -0.25) is 4.79 Å². The first-order valence-corrected chi connectivity index (χ1v) is 5.63. The second-order valence-corrected chi connectivity index (χ2v) is 4.80. The van der Waals surface area contributed by atoms with Gasteiger partial charge in [-0.1, -0.05) is 0 Å². The van der Waals surface area contributed by atoms with E-state index in [1.54, 1.807) is 13.8 Å². The minimum Gasteiger partial charge on any atom is -0.404 e. The Kier molecular flexibility index (Phi) is 4.49. The lowest BCUT2D eigenvalue weighted by molar-refractivity contribution is -0.274. The third-order valence-corrected chi connectivity index (χ3v) is 2.34. The summed E-state index contributed by atoms with van der Waals surface area (Å²) in [5, 5.41) is 11.5. The van der Waals surface area contributed by atoms with Crippen LogP contribution in [0.5, 0.6) is 5.75 Å². The van der Waals surface area contributed by atoms with Gasteiger partial charge in [0.05, 0.1) is 17.8 Å². The number of carbonyl (C=O) groups excluding carboxylic acids is 1. The van der Waals surface area contributed by atoms with Crippen molar-refractivity contribution in [1.29, 1.82) is 0 Å². The summed E-state index contributed by atoms with van der Waals surface area (Å²) >= 11 is 0. The smallest absolute Gasteiger partial charge is 0.404 e. The molecule has 0 spiro atoms. The molecule has 0 heterocycles. The van der Waals surface area contributed by atoms with E-state index < -0.39 is 23.6 Å². The lowest BCUT2D eigenvalue weighted by atomic mass is 10.1. The van der Waals surface area contributed by atoms with Crippen LogP contribution in [-0.4, -0.2) is 29.5 Å². The van der Waals surface area contributed by atoms with E-state index >= 15 is 0 Å². The molecular weight excluding hydrogens is 277 g/mol. The zero-order valence-corrected chi connectivity index (χ0v) is 10.9. The number of nitrogens with two attached hydrogens (primary N) is 1. The van der Waals surface area contributed by atoms with Gasteiger partial charge in [-0.25, -0.2) is 0 Å². The summed E-state index contributed by atoms with van der Waals surface area (Å²) in [6, 6.07) is 3.19. The molecule has 20 heavy (non-hydrogen) atoms. The molecule has 5 nitrogen and oxygen atoms in total. The number of aliphatic hydroxyl groups is 1. The number of amides is 1. The molecule has 1 aromatic carbocycles. The van der Waals surface area contributed by atoms with Gasteiger partial charge in [0.25, 0.3) is 5.91 Å². The van der Waals surface area contributed by atoms with E-state index in [0.717, 1.165) is 18.2 Å². The molecule has 0 saturated heterocycles. The topological polar surface area (TPSA) is 84.6 Å². The monoisotopic (exact) mass is 292 g/mol. The van der Waals surface area contributed by atoms with Gasteiger partial charge in [0.15, 0.2) is 5.75 Å². The first-order valence-electron chi connectivity index (χ1n) is 5.63. The van der Waals surface area contributed by atoms with E-state index in [1.807, 2.05) is 0 Å². The molecule has 8 heteroatoms. The zero-order valence-electron chi connectivity index (χ0n) is 10.9. The van der Waals surface area contributed by atoms with E-state index in [9.17, 15) is 18.0 Å². The van der Waals surface area contributed by atoms with Gasteiger partial charge in [-0.05, 0) is 32.0 Å². The lowest BCUT2D eigenvalue weighted by Crippen LogP contribution is -2.46. The summed E-state index contributed by atoms with van der Waals surface area (Å²) in [6.45, 7) is 2.90. The summed E-state index contributed by atoms with van der Waals surface area (Å²) in [6.07, 6.45) is -4.85. The molecule has 0 atom stereocenters. The largest absolute Gasteiger partial charge is 0.573 e. The number of aliphatic hydroxyl groups excluding tert-OH is 1. The Morgan fingerprint density at radius 2 is 2.00 bits per heavy atom. The molecule has 4 N–H and O–H groups in total. The zero-order chi connectivity index (χ0) is 15.6.